The summed E-state index contributed by atoms with van der Waals surface area (Å²) in [6.45, 7) is 0. The fourth-order valence-electron chi connectivity index (χ4n) is 8.38. The fraction of sp³-hybridized carbons (Fsp3) is 0. The van der Waals surface area contributed by atoms with Gasteiger partial charge in [0.15, 0.2) is 0 Å². The molecule has 0 N–H and O–H groups in total. The van der Waals surface area contributed by atoms with Crippen molar-refractivity contribution in [2.75, 3.05) is 4.90 Å². The molecule has 9 aromatic carbocycles. The highest BCUT2D eigenvalue weighted by molar-refractivity contribution is 6.11. The van der Waals surface area contributed by atoms with E-state index < -0.39 is 0 Å². The highest BCUT2D eigenvalue weighted by atomic mass is 16.3. The number of fused-ring (bicyclic) bond motifs is 7. The quantitative estimate of drug-likeness (QED) is 0.172. The smallest absolute Gasteiger partial charge is 0.143 e. The van der Waals surface area contributed by atoms with Crippen molar-refractivity contribution in [3.63, 3.8) is 0 Å². The number of nitrogens with zero attached hydrogens (tertiary/aromatic N) is 2. The Morgan fingerprint density at radius 1 is 0.473 bits per heavy atom. The lowest BCUT2D eigenvalue weighted by atomic mass is 9.99. The van der Waals surface area contributed by atoms with Gasteiger partial charge in [-0.2, -0.15) is 0 Å². The van der Waals surface area contributed by atoms with Gasteiger partial charge in [0.25, 0.3) is 0 Å². The first-order valence-electron chi connectivity index (χ1n) is 18.6. The Labute approximate surface area is 318 Å². The molecule has 0 spiro atoms. The standard InChI is InChI=1S/C52H32N2O/c1-2-21-40-35(15-1)16-13-31-47(40)53(39-20-12-18-37(34-39)42-26-14-27-46-45-25-6-10-32-51(45)55-52(42)46)38-19-11-17-36(33-38)41-22-3-7-28-48(41)54-49-29-8-4-23-43(49)44-24-5-9-30-50(44)54/h1-8,10-29,31-34H. The van der Waals surface area contributed by atoms with Crippen molar-refractivity contribution in [2.45, 2.75) is 0 Å². The van der Waals surface area contributed by atoms with E-state index in [1.54, 1.807) is 0 Å². The maximum Gasteiger partial charge on any atom is 0.143 e. The van der Waals surface area contributed by atoms with Crippen LogP contribution in [0.1, 0.15) is 0 Å². The van der Waals surface area contributed by atoms with Crippen LogP contribution in [0.15, 0.2) is 199 Å². The first-order valence-corrected chi connectivity index (χ1v) is 18.6. The molecule has 11 rings (SSSR count). The monoisotopic (exact) mass is 700 g/mol. The van der Waals surface area contributed by atoms with Crippen LogP contribution in [0.25, 0.3) is 82.5 Å². The van der Waals surface area contributed by atoms with E-state index >= 15 is 0 Å². The summed E-state index contributed by atoms with van der Waals surface area (Å²) in [6.07, 6.45) is 0. The van der Waals surface area contributed by atoms with Crippen molar-refractivity contribution in [2.24, 2.45) is 0 Å². The van der Waals surface area contributed by atoms with E-state index in [-0.39, 0.29) is 0 Å². The summed E-state index contributed by atoms with van der Waals surface area (Å²) in [5, 5.41) is 6.98. The van der Waals surface area contributed by atoms with Crippen LogP contribution < -0.4 is 4.90 Å². The van der Waals surface area contributed by atoms with Crippen molar-refractivity contribution >= 4 is 71.6 Å². The minimum absolute atomic E-state index is 0.896. The number of benzene rings is 8. The van der Waals surface area contributed by atoms with Crippen molar-refractivity contribution in [3.8, 4) is 27.9 Å². The average Bonchev–Trinajstić information content (AvgIpc) is 3.80. The van der Waals surface area contributed by atoms with Crippen LogP contribution in [-0.2, 0) is 0 Å². The molecule has 3 heteroatoms. The largest absolute Gasteiger partial charge is 0.455 e. The van der Waals surface area contributed by atoms with E-state index in [9.17, 15) is 0 Å². The van der Waals surface area contributed by atoms with Crippen LogP contribution in [0.4, 0.5) is 17.1 Å². The summed E-state index contributed by atoms with van der Waals surface area (Å²) in [7, 11) is 0. The third-order valence-electron chi connectivity index (χ3n) is 10.8. The van der Waals surface area contributed by atoms with Gasteiger partial charge in [-0.05, 0) is 83.2 Å². The first-order chi connectivity index (χ1) is 27.3. The molecule has 0 unspecified atom stereocenters. The van der Waals surface area contributed by atoms with E-state index in [1.165, 1.54) is 21.5 Å². The predicted octanol–water partition coefficient (Wildman–Crippen LogP) is 14.2. The molecule has 0 fully saturated rings. The number of hydrogen-bond acceptors (Lipinski definition) is 2. The lowest BCUT2D eigenvalue weighted by Crippen LogP contribution is -2.11. The second-order valence-corrected chi connectivity index (χ2v) is 13.9. The lowest BCUT2D eigenvalue weighted by molar-refractivity contribution is 0.670. The molecule has 0 saturated heterocycles. The van der Waals surface area contributed by atoms with Crippen molar-refractivity contribution in [3.05, 3.63) is 206 Å². The van der Waals surface area contributed by atoms with Gasteiger partial charge >= 0.3 is 0 Å². The minimum atomic E-state index is 0.896. The average molecular weight is 701 g/mol. The molecule has 0 aliphatic heterocycles. The molecule has 0 aliphatic rings. The number of rotatable bonds is 6. The molecule has 0 bridgehead atoms. The number of aromatic nitrogens is 1. The topological polar surface area (TPSA) is 21.3 Å². The third-order valence-corrected chi connectivity index (χ3v) is 10.8. The first kappa shape index (κ1) is 31.0. The molecule has 55 heavy (non-hydrogen) atoms. The van der Waals surface area contributed by atoms with E-state index in [2.05, 4.69) is 198 Å². The van der Waals surface area contributed by atoms with Gasteiger partial charge in [0, 0.05) is 49.4 Å². The van der Waals surface area contributed by atoms with Gasteiger partial charge in [-0.1, -0.05) is 140 Å². The summed E-state index contributed by atoms with van der Waals surface area (Å²) in [5.41, 5.74) is 12.7. The number of para-hydroxylation sites is 4. The van der Waals surface area contributed by atoms with Crippen LogP contribution in [0, 0.1) is 12.1 Å². The minimum Gasteiger partial charge on any atom is -0.455 e. The maximum absolute atomic E-state index is 6.51. The molecule has 0 atom stereocenters. The van der Waals surface area contributed by atoms with Gasteiger partial charge < -0.3 is 13.9 Å². The molecule has 2 aromatic heterocycles. The lowest BCUT2D eigenvalue weighted by Gasteiger charge is -2.28. The summed E-state index contributed by atoms with van der Waals surface area (Å²) >= 11 is 0. The zero-order valence-corrected chi connectivity index (χ0v) is 29.8. The number of hydrogen-bond donors (Lipinski definition) is 0. The summed E-state index contributed by atoms with van der Waals surface area (Å²) in [4.78, 5) is 2.39. The van der Waals surface area contributed by atoms with Crippen LogP contribution in [0.3, 0.4) is 0 Å². The Bertz CT molecular complexity index is 3180. The Kier molecular flexibility index (Phi) is 7.08. The van der Waals surface area contributed by atoms with E-state index in [0.29, 0.717) is 0 Å². The number of anilines is 3. The van der Waals surface area contributed by atoms with Gasteiger partial charge in [0.05, 0.1) is 16.9 Å². The second kappa shape index (κ2) is 12.6. The fourth-order valence-corrected chi connectivity index (χ4v) is 8.38. The molecule has 0 saturated carbocycles. The number of furan rings is 1. The van der Waals surface area contributed by atoms with Crippen molar-refractivity contribution in [1.29, 1.82) is 0 Å². The molecular formula is C52H32N2O. The van der Waals surface area contributed by atoms with E-state index in [4.69, 9.17) is 4.42 Å². The molecule has 256 valence electrons. The van der Waals surface area contributed by atoms with E-state index in [1.807, 2.05) is 18.2 Å². The van der Waals surface area contributed by atoms with Gasteiger partial charge in [-0.25, -0.2) is 0 Å². The molecule has 2 heterocycles. The molecular weight excluding hydrogens is 669 g/mol. The molecule has 0 amide bonds. The summed E-state index contributed by atoms with van der Waals surface area (Å²) in [6, 6.07) is 75.6. The molecule has 0 radical (unpaired) electrons. The molecule has 11 aromatic rings. The van der Waals surface area contributed by atoms with Gasteiger partial charge in [0.2, 0.25) is 0 Å². The Morgan fingerprint density at radius 3 is 1.98 bits per heavy atom. The van der Waals surface area contributed by atoms with Crippen LogP contribution >= 0.6 is 0 Å². The summed E-state index contributed by atoms with van der Waals surface area (Å²) < 4.78 is 8.83. The zero-order valence-electron chi connectivity index (χ0n) is 29.8. The Morgan fingerprint density at radius 2 is 1.11 bits per heavy atom. The highest BCUT2D eigenvalue weighted by Crippen LogP contribution is 2.44. The molecule has 3 nitrogen and oxygen atoms in total. The Hall–Kier alpha value is -7.54. The van der Waals surface area contributed by atoms with Gasteiger partial charge in [-0.3, -0.25) is 0 Å². The zero-order chi connectivity index (χ0) is 36.3. The van der Waals surface area contributed by atoms with Crippen LogP contribution in [0.2, 0.25) is 0 Å². The normalized spacial score (nSPS) is 11.5. The van der Waals surface area contributed by atoms with Gasteiger partial charge in [-0.15, -0.1) is 0 Å². The van der Waals surface area contributed by atoms with Crippen molar-refractivity contribution in [1.82, 2.24) is 4.57 Å². The second-order valence-electron chi connectivity index (χ2n) is 13.9. The van der Waals surface area contributed by atoms with Crippen LogP contribution in [0.5, 0.6) is 0 Å². The SMILES string of the molecule is c1ccc2c3ccccc3n(-c3ccccc3-c3cccc(N(c4cccc(-c5cccc6c5oc5ccccc56)c4)c4cccc5ccccc45)c3)c2c#1. The van der Waals surface area contributed by atoms with E-state index in [0.717, 1.165) is 78.0 Å². The maximum atomic E-state index is 6.51. The van der Waals surface area contributed by atoms with Crippen LogP contribution in [-0.4, -0.2) is 4.57 Å². The highest BCUT2D eigenvalue weighted by Gasteiger charge is 2.20. The van der Waals surface area contributed by atoms with Crippen molar-refractivity contribution < 1.29 is 4.42 Å². The summed E-state index contributed by atoms with van der Waals surface area (Å²) in [5.74, 6) is 0. The third kappa shape index (κ3) is 5.00. The predicted molar refractivity (Wildman–Crippen MR) is 229 cm³/mol. The molecule has 0 aliphatic carbocycles. The van der Waals surface area contributed by atoms with Gasteiger partial charge in [0.1, 0.15) is 16.7 Å². The Balaban J connectivity index is 1.11.